The lowest BCUT2D eigenvalue weighted by Crippen LogP contribution is -2.24. The molecule has 0 unspecified atom stereocenters. The van der Waals surface area contributed by atoms with Gasteiger partial charge >= 0.3 is 0 Å². The first-order valence-electron chi connectivity index (χ1n) is 6.63. The summed E-state index contributed by atoms with van der Waals surface area (Å²) in [5, 5.41) is 7.10. The van der Waals surface area contributed by atoms with Crippen LogP contribution in [0.4, 0.5) is 0 Å². The number of hydrogen-bond acceptors (Lipinski definition) is 4. The van der Waals surface area contributed by atoms with Gasteiger partial charge in [0.15, 0.2) is 11.3 Å². The lowest BCUT2D eigenvalue weighted by atomic mass is 10.3. The number of carbonyl (C=O) groups excluding carboxylic acids is 1. The van der Waals surface area contributed by atoms with Crippen LogP contribution in [-0.4, -0.2) is 30.1 Å². The molecule has 0 atom stereocenters. The lowest BCUT2D eigenvalue weighted by Gasteiger charge is -2.03. The van der Waals surface area contributed by atoms with Crippen LogP contribution < -0.4 is 5.32 Å². The summed E-state index contributed by atoms with van der Waals surface area (Å²) in [6.45, 7) is 4.21. The van der Waals surface area contributed by atoms with E-state index in [9.17, 15) is 4.79 Å². The molecule has 7 heteroatoms. The molecule has 0 spiro atoms. The third-order valence-electron chi connectivity index (χ3n) is 3.29. The largest absolute Gasteiger partial charge is 0.343 e. The highest BCUT2D eigenvalue weighted by Crippen LogP contribution is 2.09. The molecule has 0 aromatic carbocycles. The van der Waals surface area contributed by atoms with E-state index >= 15 is 0 Å². The Morgan fingerprint density at radius 3 is 2.86 bits per heavy atom. The Kier molecular flexibility index (Phi) is 3.17. The summed E-state index contributed by atoms with van der Waals surface area (Å²) >= 11 is 0. The van der Waals surface area contributed by atoms with E-state index in [0.717, 1.165) is 17.2 Å². The maximum atomic E-state index is 12.2. The van der Waals surface area contributed by atoms with E-state index in [-0.39, 0.29) is 5.91 Å². The van der Waals surface area contributed by atoms with Gasteiger partial charge in [0.05, 0.1) is 6.54 Å². The van der Waals surface area contributed by atoms with Crippen LogP contribution in [0.15, 0.2) is 24.5 Å². The van der Waals surface area contributed by atoms with E-state index in [1.807, 2.05) is 37.7 Å². The average molecular weight is 284 g/mol. The predicted octanol–water partition coefficient (Wildman–Crippen LogP) is 1.01. The van der Waals surface area contributed by atoms with Gasteiger partial charge < -0.3 is 9.88 Å². The second kappa shape index (κ2) is 5.01. The number of amides is 1. The number of carbonyl (C=O) groups is 1. The van der Waals surface area contributed by atoms with Crippen molar-refractivity contribution in [3.8, 4) is 0 Å². The van der Waals surface area contributed by atoms with Gasteiger partial charge in [-0.15, -0.1) is 0 Å². The molecule has 0 bridgehead atoms. The van der Waals surface area contributed by atoms with E-state index in [4.69, 9.17) is 0 Å². The minimum atomic E-state index is -0.236. The van der Waals surface area contributed by atoms with Crippen molar-refractivity contribution in [2.45, 2.75) is 20.4 Å². The fourth-order valence-electron chi connectivity index (χ4n) is 2.21. The molecule has 0 fully saturated rings. The van der Waals surface area contributed by atoms with Gasteiger partial charge in [0.2, 0.25) is 0 Å². The molecule has 3 heterocycles. The summed E-state index contributed by atoms with van der Waals surface area (Å²) in [6, 6.07) is 3.61. The van der Waals surface area contributed by atoms with E-state index in [1.165, 1.54) is 0 Å². The van der Waals surface area contributed by atoms with E-state index in [0.29, 0.717) is 17.9 Å². The number of aromatic nitrogens is 5. The summed E-state index contributed by atoms with van der Waals surface area (Å²) in [5.74, 6) is 0.554. The third kappa shape index (κ3) is 2.49. The highest BCUT2D eigenvalue weighted by Gasteiger charge is 2.13. The molecule has 7 nitrogen and oxygen atoms in total. The van der Waals surface area contributed by atoms with Crippen LogP contribution in [0.1, 0.15) is 27.7 Å². The molecule has 1 amide bonds. The molecule has 21 heavy (non-hydrogen) atoms. The zero-order valence-corrected chi connectivity index (χ0v) is 12.2. The zero-order valence-electron chi connectivity index (χ0n) is 12.2. The second-order valence-electron chi connectivity index (χ2n) is 4.98. The number of imidazole rings is 1. The van der Waals surface area contributed by atoms with Crippen molar-refractivity contribution in [2.75, 3.05) is 0 Å². The number of rotatable bonds is 3. The normalized spacial score (nSPS) is 11.0. The van der Waals surface area contributed by atoms with Gasteiger partial charge in [0.1, 0.15) is 5.82 Å². The highest BCUT2D eigenvalue weighted by molar-refractivity contribution is 5.93. The topological polar surface area (TPSA) is 77.1 Å². The Morgan fingerprint density at radius 2 is 2.14 bits per heavy atom. The fraction of sp³-hybridized carbons (Fsp3) is 0.286. The molecule has 108 valence electrons. The average Bonchev–Trinajstić information content (AvgIpc) is 3.02. The number of nitrogens with one attached hydrogen (secondary N) is 1. The maximum absolute atomic E-state index is 12.2. The first-order chi connectivity index (χ1) is 10.0. The van der Waals surface area contributed by atoms with E-state index < -0.39 is 0 Å². The molecule has 0 aliphatic heterocycles. The van der Waals surface area contributed by atoms with Crippen LogP contribution in [0.5, 0.6) is 0 Å². The van der Waals surface area contributed by atoms with Crippen molar-refractivity contribution in [2.24, 2.45) is 7.05 Å². The van der Waals surface area contributed by atoms with Crippen molar-refractivity contribution in [1.29, 1.82) is 0 Å². The molecular formula is C14H16N6O. The third-order valence-corrected chi connectivity index (χ3v) is 3.29. The Bertz CT molecular complexity index is 816. The molecule has 0 aliphatic carbocycles. The smallest absolute Gasteiger partial charge is 0.272 e. The molecule has 0 aliphatic rings. The predicted molar refractivity (Wildman–Crippen MR) is 76.8 cm³/mol. The van der Waals surface area contributed by atoms with Crippen LogP contribution >= 0.6 is 0 Å². The van der Waals surface area contributed by atoms with Crippen LogP contribution in [0, 0.1) is 13.8 Å². The molecule has 1 N–H and O–H groups in total. The molecule has 0 radical (unpaired) electrons. The van der Waals surface area contributed by atoms with Crippen molar-refractivity contribution in [3.63, 3.8) is 0 Å². The standard InChI is InChI=1S/C14H16N6O/c1-9-6-10(2)20-12(17-9)7-11(18-20)14(21)16-8-13-15-4-5-19(13)3/h4-7H,8H2,1-3H3,(H,16,21). The summed E-state index contributed by atoms with van der Waals surface area (Å²) in [5.41, 5.74) is 2.88. The number of fused-ring (bicyclic) bond motifs is 1. The Labute approximate surface area is 121 Å². The van der Waals surface area contributed by atoms with Crippen LogP contribution in [-0.2, 0) is 13.6 Å². The van der Waals surface area contributed by atoms with Gasteiger partial charge in [-0.2, -0.15) is 5.10 Å². The molecule has 0 saturated carbocycles. The summed E-state index contributed by atoms with van der Waals surface area (Å²) in [7, 11) is 1.88. The Morgan fingerprint density at radius 1 is 1.33 bits per heavy atom. The monoisotopic (exact) mass is 284 g/mol. The van der Waals surface area contributed by atoms with Crippen molar-refractivity contribution in [1.82, 2.24) is 29.5 Å². The van der Waals surface area contributed by atoms with E-state index in [2.05, 4.69) is 20.4 Å². The van der Waals surface area contributed by atoms with E-state index in [1.54, 1.807) is 16.8 Å². The van der Waals surface area contributed by atoms with Gasteiger partial charge in [0.25, 0.3) is 5.91 Å². The minimum Gasteiger partial charge on any atom is -0.343 e. The minimum absolute atomic E-state index is 0.236. The molecule has 3 aromatic rings. The fourth-order valence-corrected chi connectivity index (χ4v) is 2.21. The number of aryl methyl sites for hydroxylation is 3. The molecule has 3 aromatic heterocycles. The first-order valence-corrected chi connectivity index (χ1v) is 6.63. The maximum Gasteiger partial charge on any atom is 0.272 e. The summed E-state index contributed by atoms with van der Waals surface area (Å²) in [4.78, 5) is 20.7. The summed E-state index contributed by atoms with van der Waals surface area (Å²) in [6.07, 6.45) is 3.53. The number of hydrogen-bond donors (Lipinski definition) is 1. The van der Waals surface area contributed by atoms with Gasteiger partial charge in [-0.25, -0.2) is 14.5 Å². The second-order valence-corrected chi connectivity index (χ2v) is 4.98. The zero-order chi connectivity index (χ0) is 15.0. The highest BCUT2D eigenvalue weighted by atomic mass is 16.1. The Hall–Kier alpha value is -2.70. The van der Waals surface area contributed by atoms with Gasteiger partial charge in [-0.05, 0) is 19.9 Å². The lowest BCUT2D eigenvalue weighted by molar-refractivity contribution is 0.0944. The van der Waals surface area contributed by atoms with Gasteiger partial charge in [0, 0.05) is 36.9 Å². The number of nitrogens with zero attached hydrogens (tertiary/aromatic N) is 5. The quantitative estimate of drug-likeness (QED) is 0.778. The Balaban J connectivity index is 1.82. The van der Waals surface area contributed by atoms with Crippen molar-refractivity contribution in [3.05, 3.63) is 47.4 Å². The van der Waals surface area contributed by atoms with Gasteiger partial charge in [-0.1, -0.05) is 0 Å². The molecular weight excluding hydrogens is 268 g/mol. The van der Waals surface area contributed by atoms with Crippen LogP contribution in [0.25, 0.3) is 5.65 Å². The van der Waals surface area contributed by atoms with Crippen LogP contribution in [0.2, 0.25) is 0 Å². The SMILES string of the molecule is Cc1cc(C)n2nc(C(=O)NCc3nccn3C)cc2n1. The van der Waals surface area contributed by atoms with Gasteiger partial charge in [-0.3, -0.25) is 4.79 Å². The van der Waals surface area contributed by atoms with Crippen molar-refractivity contribution < 1.29 is 4.79 Å². The summed E-state index contributed by atoms with van der Waals surface area (Å²) < 4.78 is 3.53. The van der Waals surface area contributed by atoms with Crippen LogP contribution in [0.3, 0.4) is 0 Å². The molecule has 3 rings (SSSR count). The first kappa shape index (κ1) is 13.3. The van der Waals surface area contributed by atoms with Crippen molar-refractivity contribution >= 4 is 11.6 Å². The molecule has 0 saturated heterocycles.